The van der Waals surface area contributed by atoms with Gasteiger partial charge >= 0.3 is 0 Å². The van der Waals surface area contributed by atoms with Gasteiger partial charge in [-0.3, -0.25) is 9.48 Å². The van der Waals surface area contributed by atoms with Gasteiger partial charge in [0.05, 0.1) is 25.2 Å². The monoisotopic (exact) mass is 340 g/mol. The maximum Gasteiger partial charge on any atom is 0.227 e. The molecule has 0 bridgehead atoms. The van der Waals surface area contributed by atoms with E-state index in [0.29, 0.717) is 6.42 Å². The van der Waals surface area contributed by atoms with Gasteiger partial charge in [0.2, 0.25) is 5.91 Å². The van der Waals surface area contributed by atoms with Crippen LogP contribution in [0.5, 0.6) is 0 Å². The van der Waals surface area contributed by atoms with Crippen LogP contribution in [0, 0.1) is 12.7 Å². The number of amides is 1. The fourth-order valence-corrected chi connectivity index (χ4v) is 3.71. The molecule has 25 heavy (non-hydrogen) atoms. The van der Waals surface area contributed by atoms with E-state index >= 15 is 0 Å². The highest BCUT2D eigenvalue weighted by Gasteiger charge is 2.29. The summed E-state index contributed by atoms with van der Waals surface area (Å²) < 4.78 is 15.2. The average Bonchev–Trinajstić information content (AvgIpc) is 3.29. The molecule has 1 unspecified atom stereocenters. The van der Waals surface area contributed by atoms with Crippen LogP contribution < -0.4 is 0 Å². The molecule has 3 aromatic rings. The Bertz CT molecular complexity index is 913. The molecule has 1 amide bonds. The summed E-state index contributed by atoms with van der Waals surface area (Å²) in [6.45, 7) is 3.54. The second-order valence-corrected chi connectivity index (χ2v) is 6.80. The van der Waals surface area contributed by atoms with Gasteiger partial charge in [0.25, 0.3) is 0 Å². The van der Waals surface area contributed by atoms with E-state index in [4.69, 9.17) is 0 Å². The van der Waals surface area contributed by atoms with Gasteiger partial charge in [-0.25, -0.2) is 4.39 Å². The lowest BCUT2D eigenvalue weighted by Gasteiger charge is -2.24. The van der Waals surface area contributed by atoms with Crippen molar-refractivity contribution in [1.82, 2.24) is 19.7 Å². The first-order valence-electron chi connectivity index (χ1n) is 8.64. The topological polar surface area (TPSA) is 53.9 Å². The van der Waals surface area contributed by atoms with E-state index in [-0.39, 0.29) is 17.8 Å². The van der Waals surface area contributed by atoms with Gasteiger partial charge in [-0.2, -0.15) is 5.10 Å². The minimum absolute atomic E-state index is 0.122. The maximum absolute atomic E-state index is 13.3. The third-order valence-corrected chi connectivity index (χ3v) is 4.93. The number of nitrogens with one attached hydrogen (secondary N) is 1. The van der Waals surface area contributed by atoms with E-state index in [1.54, 1.807) is 6.07 Å². The number of fused-ring (bicyclic) bond motifs is 1. The molecule has 2 aromatic heterocycles. The van der Waals surface area contributed by atoms with Crippen molar-refractivity contribution < 1.29 is 9.18 Å². The molecule has 1 aromatic carbocycles. The molecule has 5 nitrogen and oxygen atoms in total. The summed E-state index contributed by atoms with van der Waals surface area (Å²) in [5.41, 5.74) is 2.77. The summed E-state index contributed by atoms with van der Waals surface area (Å²) in [6, 6.07) is 4.82. The van der Waals surface area contributed by atoms with Crippen molar-refractivity contribution in [3.63, 3.8) is 0 Å². The molecule has 4 rings (SSSR count). The van der Waals surface area contributed by atoms with E-state index in [1.807, 2.05) is 35.1 Å². The van der Waals surface area contributed by atoms with E-state index < -0.39 is 0 Å². The summed E-state index contributed by atoms with van der Waals surface area (Å²) in [7, 11) is 0. The Labute approximate surface area is 145 Å². The standard InChI is InChI=1S/C19H21FN4O/c1-13-9-22-23(11-13)12-16-3-2-6-24(16)19(25)7-14-10-21-18-8-15(20)4-5-17(14)18/h4-5,8-11,16,21H,2-3,6-7,12H2,1H3. The second-order valence-electron chi connectivity index (χ2n) is 6.80. The van der Waals surface area contributed by atoms with Crippen molar-refractivity contribution >= 4 is 16.8 Å². The molecule has 1 N–H and O–H groups in total. The number of carbonyl (C=O) groups is 1. The van der Waals surface area contributed by atoms with Crippen LogP contribution >= 0.6 is 0 Å². The maximum atomic E-state index is 13.3. The van der Waals surface area contributed by atoms with Crippen LogP contribution in [0.4, 0.5) is 4.39 Å². The van der Waals surface area contributed by atoms with Gasteiger partial charge in [0.1, 0.15) is 5.82 Å². The van der Waals surface area contributed by atoms with Crippen molar-refractivity contribution in [1.29, 1.82) is 0 Å². The third kappa shape index (κ3) is 3.16. The van der Waals surface area contributed by atoms with Gasteiger partial charge < -0.3 is 9.88 Å². The van der Waals surface area contributed by atoms with Crippen LogP contribution in [-0.4, -0.2) is 38.2 Å². The predicted octanol–water partition coefficient (Wildman–Crippen LogP) is 3.05. The van der Waals surface area contributed by atoms with Crippen LogP contribution in [0.25, 0.3) is 10.9 Å². The Morgan fingerprint density at radius 3 is 3.12 bits per heavy atom. The molecule has 6 heteroatoms. The Morgan fingerprint density at radius 1 is 1.44 bits per heavy atom. The fourth-order valence-electron chi connectivity index (χ4n) is 3.71. The Hall–Kier alpha value is -2.63. The number of hydrogen-bond acceptors (Lipinski definition) is 2. The van der Waals surface area contributed by atoms with E-state index in [9.17, 15) is 9.18 Å². The molecule has 0 spiro atoms. The fraction of sp³-hybridized carbons (Fsp3) is 0.368. The summed E-state index contributed by atoms with van der Waals surface area (Å²) >= 11 is 0. The number of benzene rings is 1. The lowest BCUT2D eigenvalue weighted by Crippen LogP contribution is -2.39. The number of aromatic amines is 1. The van der Waals surface area contributed by atoms with Gasteiger partial charge in [-0.05, 0) is 49.1 Å². The number of aromatic nitrogens is 3. The minimum Gasteiger partial charge on any atom is -0.361 e. The van der Waals surface area contributed by atoms with Crippen LogP contribution in [-0.2, 0) is 17.8 Å². The van der Waals surface area contributed by atoms with Gasteiger partial charge in [-0.15, -0.1) is 0 Å². The van der Waals surface area contributed by atoms with Gasteiger partial charge in [-0.1, -0.05) is 0 Å². The summed E-state index contributed by atoms with van der Waals surface area (Å²) in [4.78, 5) is 17.9. The number of H-pyrrole nitrogens is 1. The van der Waals surface area contributed by atoms with Crippen molar-refractivity contribution in [2.45, 2.75) is 38.8 Å². The van der Waals surface area contributed by atoms with E-state index in [0.717, 1.165) is 48.0 Å². The first kappa shape index (κ1) is 15.9. The molecule has 1 atom stereocenters. The molecule has 0 radical (unpaired) electrons. The smallest absolute Gasteiger partial charge is 0.227 e. The number of hydrogen-bond donors (Lipinski definition) is 1. The summed E-state index contributed by atoms with van der Waals surface area (Å²) in [5, 5.41) is 5.25. The highest BCUT2D eigenvalue weighted by Crippen LogP contribution is 2.23. The first-order valence-corrected chi connectivity index (χ1v) is 8.64. The van der Waals surface area contributed by atoms with Crippen LogP contribution in [0.1, 0.15) is 24.0 Å². The van der Waals surface area contributed by atoms with Crippen LogP contribution in [0.2, 0.25) is 0 Å². The van der Waals surface area contributed by atoms with Crippen molar-refractivity contribution in [3.05, 3.63) is 53.7 Å². The van der Waals surface area contributed by atoms with Gasteiger partial charge in [0.15, 0.2) is 0 Å². The number of aryl methyl sites for hydroxylation is 1. The predicted molar refractivity (Wildman–Crippen MR) is 93.7 cm³/mol. The SMILES string of the molecule is Cc1cnn(CC2CCCN2C(=O)Cc2c[nH]c3cc(F)ccc23)c1. The summed E-state index contributed by atoms with van der Waals surface area (Å²) in [5.74, 6) is -0.155. The van der Waals surface area contributed by atoms with Crippen molar-refractivity contribution in [2.24, 2.45) is 0 Å². The number of carbonyl (C=O) groups excluding carboxylic acids is 1. The van der Waals surface area contributed by atoms with Crippen LogP contribution in [0.3, 0.4) is 0 Å². The highest BCUT2D eigenvalue weighted by molar-refractivity contribution is 5.89. The molecule has 0 aliphatic carbocycles. The first-order chi connectivity index (χ1) is 12.1. The van der Waals surface area contributed by atoms with Crippen molar-refractivity contribution in [3.8, 4) is 0 Å². The zero-order valence-electron chi connectivity index (χ0n) is 14.2. The molecule has 1 aliphatic heterocycles. The zero-order valence-corrected chi connectivity index (χ0v) is 14.2. The van der Waals surface area contributed by atoms with E-state index in [1.165, 1.54) is 12.1 Å². The molecule has 130 valence electrons. The Balaban J connectivity index is 1.49. The third-order valence-electron chi connectivity index (χ3n) is 4.93. The lowest BCUT2D eigenvalue weighted by atomic mass is 10.1. The molecular formula is C19H21FN4O. The zero-order chi connectivity index (χ0) is 17.4. The van der Waals surface area contributed by atoms with E-state index in [2.05, 4.69) is 10.1 Å². The highest BCUT2D eigenvalue weighted by atomic mass is 19.1. The Morgan fingerprint density at radius 2 is 2.32 bits per heavy atom. The molecule has 3 heterocycles. The second kappa shape index (κ2) is 6.35. The minimum atomic E-state index is -0.277. The molecular weight excluding hydrogens is 319 g/mol. The molecule has 0 saturated carbocycles. The molecule has 1 fully saturated rings. The number of rotatable bonds is 4. The normalized spacial score (nSPS) is 17.5. The number of likely N-dealkylation sites (tertiary alicyclic amines) is 1. The number of nitrogens with zero attached hydrogens (tertiary/aromatic N) is 3. The Kier molecular flexibility index (Phi) is 4.03. The molecule has 1 aliphatic rings. The number of halogens is 1. The largest absolute Gasteiger partial charge is 0.361 e. The average molecular weight is 340 g/mol. The quantitative estimate of drug-likeness (QED) is 0.794. The van der Waals surface area contributed by atoms with Gasteiger partial charge in [0, 0.05) is 29.8 Å². The van der Waals surface area contributed by atoms with Crippen LogP contribution in [0.15, 0.2) is 36.8 Å². The molecule has 1 saturated heterocycles. The van der Waals surface area contributed by atoms with Crippen molar-refractivity contribution in [2.75, 3.05) is 6.54 Å². The lowest BCUT2D eigenvalue weighted by molar-refractivity contribution is -0.131. The summed E-state index contributed by atoms with van der Waals surface area (Å²) in [6.07, 6.45) is 8.02.